The van der Waals surface area contributed by atoms with Crippen LogP contribution in [0.5, 0.6) is 0 Å². The Hall–Kier alpha value is -3.37. The van der Waals surface area contributed by atoms with E-state index in [2.05, 4.69) is 21.2 Å². The van der Waals surface area contributed by atoms with Crippen LogP contribution in [0.15, 0.2) is 112 Å². The number of halogens is 3. The number of benzene rings is 4. The highest BCUT2D eigenvalue weighted by Crippen LogP contribution is 2.30. The van der Waals surface area contributed by atoms with Gasteiger partial charge in [-0.2, -0.15) is 0 Å². The van der Waals surface area contributed by atoms with Gasteiger partial charge in [-0.25, -0.2) is 8.42 Å². The van der Waals surface area contributed by atoms with Gasteiger partial charge in [-0.1, -0.05) is 107 Å². The van der Waals surface area contributed by atoms with E-state index in [9.17, 15) is 18.0 Å². The van der Waals surface area contributed by atoms with Crippen molar-refractivity contribution in [3.63, 3.8) is 0 Å². The third kappa shape index (κ3) is 8.85. The van der Waals surface area contributed by atoms with Gasteiger partial charge < -0.3 is 10.2 Å². The molecular formula is C33H32BrCl2N3O4S. The highest BCUT2D eigenvalue weighted by molar-refractivity contribution is 9.10. The molecule has 1 N–H and O–H groups in total. The zero-order chi connectivity index (χ0) is 31.7. The Morgan fingerprint density at radius 2 is 1.45 bits per heavy atom. The molecule has 0 aromatic heterocycles. The molecule has 0 radical (unpaired) electrons. The predicted molar refractivity (Wildman–Crippen MR) is 179 cm³/mol. The smallest absolute Gasteiger partial charge is 0.264 e. The summed E-state index contributed by atoms with van der Waals surface area (Å²) in [6.07, 6.45) is 0.937. The van der Waals surface area contributed by atoms with Crippen molar-refractivity contribution in [3.05, 3.63) is 129 Å². The summed E-state index contributed by atoms with van der Waals surface area (Å²) < 4.78 is 29.9. The largest absolute Gasteiger partial charge is 0.354 e. The molecule has 0 heterocycles. The van der Waals surface area contributed by atoms with Crippen LogP contribution in [-0.2, 0) is 32.6 Å². The summed E-state index contributed by atoms with van der Waals surface area (Å²) in [4.78, 5) is 29.6. The zero-order valence-corrected chi connectivity index (χ0v) is 27.9. The van der Waals surface area contributed by atoms with Crippen LogP contribution in [0, 0.1) is 0 Å². The van der Waals surface area contributed by atoms with Crippen molar-refractivity contribution in [2.75, 3.05) is 17.4 Å². The fraction of sp³-hybridized carbons (Fsp3) is 0.212. The Morgan fingerprint density at radius 3 is 2.07 bits per heavy atom. The first-order valence-corrected chi connectivity index (χ1v) is 17.0. The first-order chi connectivity index (χ1) is 21.1. The first-order valence-electron chi connectivity index (χ1n) is 14.0. The molecule has 4 aromatic rings. The Kier molecular flexibility index (Phi) is 11.9. The van der Waals surface area contributed by atoms with Gasteiger partial charge in [0.1, 0.15) is 12.6 Å². The second-order valence-corrected chi connectivity index (χ2v) is 13.8. The fourth-order valence-electron chi connectivity index (χ4n) is 4.68. The third-order valence-corrected chi connectivity index (χ3v) is 9.53. The number of carbonyl (C=O) groups excluding carboxylic acids is 2. The molecule has 11 heteroatoms. The first kappa shape index (κ1) is 33.5. The van der Waals surface area contributed by atoms with Gasteiger partial charge in [0, 0.05) is 34.0 Å². The molecule has 0 spiro atoms. The summed E-state index contributed by atoms with van der Waals surface area (Å²) in [5.41, 5.74) is 1.74. The molecule has 1 atom stereocenters. The SMILES string of the molecule is CCCNC(=O)C(Cc1ccccc1)N(Cc1cccc(Br)c1)C(=O)CN(c1cc(Cl)cc(Cl)c1)S(=O)(=O)c1ccccc1. The molecule has 4 rings (SSSR count). The minimum absolute atomic E-state index is 0.0102. The van der Waals surface area contributed by atoms with Crippen molar-refractivity contribution in [3.8, 4) is 0 Å². The summed E-state index contributed by atoms with van der Waals surface area (Å²) in [5, 5.41) is 3.35. The minimum atomic E-state index is -4.25. The van der Waals surface area contributed by atoms with Crippen LogP contribution >= 0.6 is 39.1 Å². The summed E-state index contributed by atoms with van der Waals surface area (Å²) in [6.45, 7) is 1.83. The number of sulfonamides is 1. The van der Waals surface area contributed by atoms with Crippen molar-refractivity contribution in [2.24, 2.45) is 0 Å². The van der Waals surface area contributed by atoms with E-state index in [0.29, 0.717) is 13.0 Å². The van der Waals surface area contributed by atoms with Crippen LogP contribution in [0.4, 0.5) is 5.69 Å². The number of rotatable bonds is 13. The molecule has 0 bridgehead atoms. The quantitative estimate of drug-likeness (QED) is 0.160. The Balaban J connectivity index is 1.81. The number of anilines is 1. The van der Waals surface area contributed by atoms with Crippen molar-refractivity contribution >= 4 is 66.7 Å². The van der Waals surface area contributed by atoms with Gasteiger partial charge in [0.15, 0.2) is 0 Å². The maximum absolute atomic E-state index is 14.4. The molecule has 4 aromatic carbocycles. The molecule has 0 aliphatic heterocycles. The lowest BCUT2D eigenvalue weighted by Crippen LogP contribution is -2.53. The molecule has 2 amide bonds. The van der Waals surface area contributed by atoms with Crippen LogP contribution in [-0.4, -0.2) is 44.3 Å². The Morgan fingerprint density at radius 1 is 0.841 bits per heavy atom. The zero-order valence-electron chi connectivity index (χ0n) is 24.0. The van der Waals surface area contributed by atoms with Gasteiger partial charge in [0.05, 0.1) is 10.6 Å². The van der Waals surface area contributed by atoms with Crippen molar-refractivity contribution in [1.29, 1.82) is 0 Å². The van der Waals surface area contributed by atoms with Crippen LogP contribution < -0.4 is 9.62 Å². The highest BCUT2D eigenvalue weighted by atomic mass is 79.9. The topological polar surface area (TPSA) is 86.8 Å². The number of hydrogen-bond donors (Lipinski definition) is 1. The lowest BCUT2D eigenvalue weighted by Gasteiger charge is -2.34. The van der Waals surface area contributed by atoms with E-state index < -0.39 is 28.5 Å². The third-order valence-electron chi connectivity index (χ3n) is 6.81. The second-order valence-electron chi connectivity index (χ2n) is 10.1. The number of carbonyl (C=O) groups is 2. The Labute approximate surface area is 277 Å². The van der Waals surface area contributed by atoms with E-state index in [-0.39, 0.29) is 39.5 Å². The molecule has 7 nitrogen and oxygen atoms in total. The molecule has 1 unspecified atom stereocenters. The van der Waals surface area contributed by atoms with Gasteiger partial charge in [-0.15, -0.1) is 0 Å². The molecule has 0 fully saturated rings. The van der Waals surface area contributed by atoms with Gasteiger partial charge in [0.2, 0.25) is 11.8 Å². The molecular weight excluding hydrogens is 685 g/mol. The minimum Gasteiger partial charge on any atom is -0.354 e. The predicted octanol–water partition coefficient (Wildman–Crippen LogP) is 7.12. The van der Waals surface area contributed by atoms with E-state index in [1.54, 1.807) is 18.2 Å². The van der Waals surface area contributed by atoms with Crippen LogP contribution in [0.1, 0.15) is 24.5 Å². The van der Waals surface area contributed by atoms with Crippen LogP contribution in [0.2, 0.25) is 10.0 Å². The number of nitrogens with zero attached hydrogens (tertiary/aromatic N) is 2. The summed E-state index contributed by atoms with van der Waals surface area (Å²) >= 11 is 16.1. The van der Waals surface area contributed by atoms with E-state index in [1.807, 2.05) is 61.5 Å². The fourth-order valence-corrected chi connectivity index (χ4v) is 7.06. The second kappa shape index (κ2) is 15.6. The number of nitrogens with one attached hydrogen (secondary N) is 1. The van der Waals surface area contributed by atoms with Crippen molar-refractivity contribution in [1.82, 2.24) is 10.2 Å². The Bertz CT molecular complexity index is 1670. The number of hydrogen-bond acceptors (Lipinski definition) is 4. The average Bonchev–Trinajstić information content (AvgIpc) is 3.00. The summed E-state index contributed by atoms with van der Waals surface area (Å²) in [7, 11) is -4.25. The molecule has 0 aliphatic rings. The molecule has 230 valence electrons. The number of amides is 2. The summed E-state index contributed by atoms with van der Waals surface area (Å²) in [5.74, 6) is -0.907. The maximum Gasteiger partial charge on any atom is 0.264 e. The average molecular weight is 718 g/mol. The van der Waals surface area contributed by atoms with Crippen molar-refractivity contribution in [2.45, 2.75) is 37.2 Å². The molecule has 0 saturated carbocycles. The van der Waals surface area contributed by atoms with Gasteiger partial charge in [0.25, 0.3) is 10.0 Å². The maximum atomic E-state index is 14.4. The van der Waals surface area contributed by atoms with Crippen LogP contribution in [0.3, 0.4) is 0 Å². The standard InChI is InChI=1S/C33H32BrCl2N3O4S/c1-2-16-37-33(41)31(18-24-10-5-3-6-11-24)38(22-25-12-9-13-26(34)17-25)32(40)23-39(29-20-27(35)19-28(36)21-29)44(42,43)30-14-7-4-8-15-30/h3-15,17,19-21,31H,2,16,18,22-23H2,1H3,(H,37,41). The van der Waals surface area contributed by atoms with Gasteiger partial charge in [-0.05, 0) is 60.0 Å². The monoisotopic (exact) mass is 715 g/mol. The van der Waals surface area contributed by atoms with Gasteiger partial charge in [-0.3, -0.25) is 13.9 Å². The van der Waals surface area contributed by atoms with Crippen LogP contribution in [0.25, 0.3) is 0 Å². The van der Waals surface area contributed by atoms with E-state index in [0.717, 1.165) is 19.9 Å². The lowest BCUT2D eigenvalue weighted by molar-refractivity contribution is -0.140. The van der Waals surface area contributed by atoms with Crippen molar-refractivity contribution < 1.29 is 18.0 Å². The molecule has 44 heavy (non-hydrogen) atoms. The van der Waals surface area contributed by atoms with Gasteiger partial charge >= 0.3 is 0 Å². The summed E-state index contributed by atoms with van der Waals surface area (Å²) in [6, 6.07) is 28.1. The van der Waals surface area contributed by atoms with E-state index in [1.165, 1.54) is 35.2 Å². The van der Waals surface area contributed by atoms with E-state index in [4.69, 9.17) is 23.2 Å². The normalized spacial score (nSPS) is 11.9. The van der Waals surface area contributed by atoms with E-state index >= 15 is 0 Å². The lowest BCUT2D eigenvalue weighted by atomic mass is 10.0. The molecule has 0 saturated heterocycles. The highest BCUT2D eigenvalue weighted by Gasteiger charge is 2.34. The molecule has 0 aliphatic carbocycles.